The summed E-state index contributed by atoms with van der Waals surface area (Å²) in [5.41, 5.74) is 13.6. The summed E-state index contributed by atoms with van der Waals surface area (Å²) >= 11 is 0. The minimum Gasteiger partial charge on any atom is -0.480 e. The monoisotopic (exact) mass is 452 g/mol. The van der Waals surface area contributed by atoms with Crippen LogP contribution in [0.4, 0.5) is 0 Å². The van der Waals surface area contributed by atoms with Gasteiger partial charge in [-0.2, -0.15) is 0 Å². The van der Waals surface area contributed by atoms with Gasteiger partial charge in [-0.15, -0.1) is 12.4 Å². The smallest absolute Gasteiger partial charge is 0.327 e. The summed E-state index contributed by atoms with van der Waals surface area (Å²) in [7, 11) is 0. The van der Waals surface area contributed by atoms with E-state index in [1.54, 1.807) is 20.0 Å². The van der Waals surface area contributed by atoms with Crippen LogP contribution in [0, 0.1) is 11.8 Å². The van der Waals surface area contributed by atoms with Gasteiger partial charge in [-0.05, 0) is 29.9 Å². The van der Waals surface area contributed by atoms with Crippen molar-refractivity contribution in [3.63, 3.8) is 0 Å². The minimum absolute atomic E-state index is 0. The van der Waals surface area contributed by atoms with E-state index in [2.05, 4.69) is 4.98 Å². The van der Waals surface area contributed by atoms with E-state index in [0.717, 1.165) is 15.8 Å². The first kappa shape index (κ1) is 26.6. The lowest BCUT2D eigenvalue weighted by Gasteiger charge is -2.32. The molecule has 2 amide bonds. The zero-order valence-electron chi connectivity index (χ0n) is 18.4. The van der Waals surface area contributed by atoms with Crippen LogP contribution >= 0.6 is 12.4 Å². The molecule has 1 aromatic carbocycles. The van der Waals surface area contributed by atoms with Crippen LogP contribution in [0.3, 0.4) is 0 Å². The zero-order chi connectivity index (χ0) is 22.6. The van der Waals surface area contributed by atoms with Gasteiger partial charge in [0, 0.05) is 23.5 Å². The minimum atomic E-state index is -1.41. The number of aromatic amines is 1. The Hall–Kier alpha value is -2.42. The number of imide groups is 1. The molecule has 172 valence electrons. The van der Waals surface area contributed by atoms with Gasteiger partial charge in [-0.1, -0.05) is 45.9 Å². The number of fused-ring (bicyclic) bond motifs is 1. The summed E-state index contributed by atoms with van der Waals surface area (Å²) in [6, 6.07) is 4.03. The maximum atomic E-state index is 13.1. The molecule has 2 rings (SSSR count). The maximum absolute atomic E-state index is 13.1. The SMILES string of the molecule is CC(C)CC(N)C(=O)N(C(=O)C(N)C(C)C)C(Cc1c[nH]c2ccccc12)C(=O)O.Cl. The number of aromatic nitrogens is 1. The largest absolute Gasteiger partial charge is 0.480 e. The van der Waals surface area contributed by atoms with Crippen molar-refractivity contribution in [3.8, 4) is 0 Å². The van der Waals surface area contributed by atoms with Crippen molar-refractivity contribution < 1.29 is 19.5 Å². The normalized spacial score (nSPS) is 14.2. The lowest BCUT2D eigenvalue weighted by atomic mass is 9.97. The number of H-pyrrole nitrogens is 1. The summed E-state index contributed by atoms with van der Waals surface area (Å²) in [6.45, 7) is 7.29. The number of hydrogen-bond acceptors (Lipinski definition) is 5. The number of nitrogens with one attached hydrogen (secondary N) is 1. The molecule has 0 fully saturated rings. The summed E-state index contributed by atoms with van der Waals surface area (Å²) in [4.78, 5) is 42.3. The van der Waals surface area contributed by atoms with Gasteiger partial charge in [0.25, 0.3) is 0 Å². The van der Waals surface area contributed by atoms with Gasteiger partial charge >= 0.3 is 5.97 Å². The number of carbonyl (C=O) groups is 3. The van der Waals surface area contributed by atoms with Gasteiger partial charge in [-0.3, -0.25) is 14.5 Å². The van der Waals surface area contributed by atoms with Crippen molar-refractivity contribution >= 4 is 41.1 Å². The van der Waals surface area contributed by atoms with Crippen molar-refractivity contribution in [1.29, 1.82) is 0 Å². The fraction of sp³-hybridized carbons (Fsp3) is 0.500. The number of carboxylic acid groups (broad SMARTS) is 1. The van der Waals surface area contributed by atoms with Crippen LogP contribution in [0.2, 0.25) is 0 Å². The number of hydrogen-bond donors (Lipinski definition) is 4. The topological polar surface area (TPSA) is 143 Å². The van der Waals surface area contributed by atoms with Crippen LogP contribution < -0.4 is 11.5 Å². The van der Waals surface area contributed by atoms with E-state index >= 15 is 0 Å². The molecule has 0 saturated carbocycles. The standard InChI is InChI=1S/C22H32N4O4.ClH/c1-12(2)9-16(23)20(27)26(21(28)19(24)13(3)4)18(22(29)30)10-14-11-25-17-8-6-5-7-15(14)17;/h5-8,11-13,16,18-19,25H,9-10,23-24H2,1-4H3,(H,29,30);1H. The molecule has 3 unspecified atom stereocenters. The Labute approximate surface area is 188 Å². The van der Waals surface area contributed by atoms with Gasteiger partial charge in [0.15, 0.2) is 0 Å². The molecule has 9 heteroatoms. The zero-order valence-corrected chi connectivity index (χ0v) is 19.2. The Morgan fingerprint density at radius 2 is 1.68 bits per heavy atom. The second-order valence-electron chi connectivity index (χ2n) is 8.47. The van der Waals surface area contributed by atoms with Gasteiger partial charge in [0.1, 0.15) is 6.04 Å². The third-order valence-electron chi connectivity index (χ3n) is 5.21. The highest BCUT2D eigenvalue weighted by Crippen LogP contribution is 2.22. The number of benzene rings is 1. The maximum Gasteiger partial charge on any atom is 0.327 e. The van der Waals surface area contributed by atoms with Crippen molar-refractivity contribution in [3.05, 3.63) is 36.0 Å². The van der Waals surface area contributed by atoms with E-state index in [9.17, 15) is 19.5 Å². The Bertz CT molecular complexity index is 912. The Kier molecular flexibility index (Phi) is 9.68. The Morgan fingerprint density at radius 3 is 2.23 bits per heavy atom. The first-order valence-corrected chi connectivity index (χ1v) is 10.2. The van der Waals surface area contributed by atoms with Gasteiger partial charge in [0.2, 0.25) is 11.8 Å². The fourth-order valence-corrected chi connectivity index (χ4v) is 3.45. The molecule has 0 bridgehead atoms. The highest BCUT2D eigenvalue weighted by Gasteiger charge is 2.40. The Balaban J connectivity index is 0.00000480. The number of nitrogens with zero attached hydrogens (tertiary/aromatic N) is 1. The molecule has 0 spiro atoms. The van der Waals surface area contributed by atoms with E-state index in [1.807, 2.05) is 38.1 Å². The molecule has 0 aliphatic carbocycles. The van der Waals surface area contributed by atoms with Crippen LogP contribution in [0.1, 0.15) is 39.7 Å². The second-order valence-corrected chi connectivity index (χ2v) is 8.47. The van der Waals surface area contributed by atoms with E-state index in [-0.39, 0.29) is 30.7 Å². The summed E-state index contributed by atoms with van der Waals surface area (Å²) < 4.78 is 0. The van der Waals surface area contributed by atoms with E-state index in [0.29, 0.717) is 12.0 Å². The van der Waals surface area contributed by atoms with E-state index in [1.165, 1.54) is 0 Å². The lowest BCUT2D eigenvalue weighted by Crippen LogP contribution is -2.59. The van der Waals surface area contributed by atoms with Crippen LogP contribution in [-0.2, 0) is 20.8 Å². The number of para-hydroxylation sites is 1. The van der Waals surface area contributed by atoms with Gasteiger partial charge in [0.05, 0.1) is 12.1 Å². The summed E-state index contributed by atoms with van der Waals surface area (Å²) in [5.74, 6) is -2.87. The molecular formula is C22H33ClN4O4. The van der Waals surface area contributed by atoms with Crippen LogP contribution in [-0.4, -0.2) is 50.9 Å². The number of carboxylic acids is 1. The molecule has 0 saturated heterocycles. The average Bonchev–Trinajstić information content (AvgIpc) is 3.08. The highest BCUT2D eigenvalue weighted by atomic mass is 35.5. The average molecular weight is 453 g/mol. The second kappa shape index (κ2) is 11.3. The number of aliphatic carboxylic acids is 1. The molecule has 3 atom stereocenters. The molecule has 0 aliphatic rings. The molecule has 31 heavy (non-hydrogen) atoms. The summed E-state index contributed by atoms with van der Waals surface area (Å²) in [6.07, 6.45) is 1.99. The first-order chi connectivity index (χ1) is 14.0. The number of rotatable bonds is 9. The molecule has 0 aliphatic heterocycles. The third-order valence-corrected chi connectivity index (χ3v) is 5.21. The van der Waals surface area contributed by atoms with Crippen molar-refractivity contribution in [2.75, 3.05) is 0 Å². The van der Waals surface area contributed by atoms with Crippen LogP contribution in [0.15, 0.2) is 30.5 Å². The van der Waals surface area contributed by atoms with Crippen LogP contribution in [0.25, 0.3) is 10.9 Å². The first-order valence-electron chi connectivity index (χ1n) is 10.2. The molecular weight excluding hydrogens is 420 g/mol. The van der Waals surface area contributed by atoms with Crippen LogP contribution in [0.5, 0.6) is 0 Å². The van der Waals surface area contributed by atoms with Gasteiger partial charge < -0.3 is 21.6 Å². The number of nitrogens with two attached hydrogens (primary N) is 2. The third kappa shape index (κ3) is 6.29. The Morgan fingerprint density at radius 1 is 1.06 bits per heavy atom. The summed E-state index contributed by atoms with van der Waals surface area (Å²) in [5, 5.41) is 10.8. The molecule has 1 heterocycles. The van der Waals surface area contributed by atoms with E-state index in [4.69, 9.17) is 11.5 Å². The molecule has 1 aromatic heterocycles. The quantitative estimate of drug-likeness (QED) is 0.459. The van der Waals surface area contributed by atoms with Crippen molar-refractivity contribution in [2.24, 2.45) is 23.3 Å². The van der Waals surface area contributed by atoms with Gasteiger partial charge in [-0.25, -0.2) is 4.79 Å². The van der Waals surface area contributed by atoms with E-state index < -0.39 is 35.9 Å². The van der Waals surface area contributed by atoms with Crippen molar-refractivity contribution in [2.45, 2.75) is 58.7 Å². The number of halogens is 1. The predicted molar refractivity (Wildman–Crippen MR) is 123 cm³/mol. The number of carbonyl (C=O) groups excluding carboxylic acids is 2. The molecule has 6 N–H and O–H groups in total. The predicted octanol–water partition coefficient (Wildman–Crippen LogP) is 2.30. The number of amides is 2. The fourth-order valence-electron chi connectivity index (χ4n) is 3.45. The molecule has 0 radical (unpaired) electrons. The molecule has 2 aromatic rings. The van der Waals surface area contributed by atoms with Crippen molar-refractivity contribution in [1.82, 2.24) is 9.88 Å². The lowest BCUT2D eigenvalue weighted by molar-refractivity contribution is -0.159. The molecule has 8 nitrogen and oxygen atoms in total. The highest BCUT2D eigenvalue weighted by molar-refractivity contribution is 6.03.